The van der Waals surface area contributed by atoms with E-state index in [9.17, 15) is 4.39 Å². The van der Waals surface area contributed by atoms with Crippen molar-refractivity contribution in [2.75, 3.05) is 6.54 Å². The first-order chi connectivity index (χ1) is 9.58. The molecule has 1 nitrogen and oxygen atoms in total. The van der Waals surface area contributed by atoms with Gasteiger partial charge in [-0.25, -0.2) is 4.39 Å². The zero-order chi connectivity index (χ0) is 14.5. The number of rotatable bonds is 6. The molecular weight excluding hydrogens is 316 g/mol. The van der Waals surface area contributed by atoms with Crippen LogP contribution in [0.2, 0.25) is 9.36 Å². The zero-order valence-electron chi connectivity index (χ0n) is 11.1. The van der Waals surface area contributed by atoms with Crippen molar-refractivity contribution in [1.82, 2.24) is 5.32 Å². The summed E-state index contributed by atoms with van der Waals surface area (Å²) in [5.41, 5.74) is 0.960. The van der Waals surface area contributed by atoms with Gasteiger partial charge in [-0.3, -0.25) is 0 Å². The summed E-state index contributed by atoms with van der Waals surface area (Å²) in [5.74, 6) is -0.302. The van der Waals surface area contributed by atoms with Gasteiger partial charge < -0.3 is 5.32 Å². The molecule has 0 radical (unpaired) electrons. The summed E-state index contributed by atoms with van der Waals surface area (Å²) in [6, 6.07) is 8.79. The second-order valence-corrected chi connectivity index (χ2v) is 6.81. The van der Waals surface area contributed by atoms with Crippen LogP contribution in [0.5, 0.6) is 0 Å². The van der Waals surface area contributed by atoms with Gasteiger partial charge in [0.25, 0.3) is 0 Å². The van der Waals surface area contributed by atoms with Gasteiger partial charge in [0.1, 0.15) is 5.82 Å². The SMILES string of the molecule is CCNC(Cc1ccc(Cl)s1)Cc1ccc(F)cc1Cl. The Balaban J connectivity index is 2.08. The van der Waals surface area contributed by atoms with Gasteiger partial charge in [-0.05, 0) is 49.2 Å². The smallest absolute Gasteiger partial charge is 0.124 e. The molecule has 0 amide bonds. The fraction of sp³-hybridized carbons (Fsp3) is 0.333. The molecule has 0 saturated heterocycles. The standard InChI is InChI=1S/C15H16Cl2FNS/c1-2-19-12(9-13-5-6-15(17)20-13)7-10-3-4-11(18)8-14(10)16/h3-6,8,12,19H,2,7,9H2,1H3. The van der Waals surface area contributed by atoms with E-state index in [1.807, 2.05) is 12.1 Å². The number of likely N-dealkylation sites (N-methyl/N-ethyl adjacent to an activating group) is 1. The van der Waals surface area contributed by atoms with Crippen LogP contribution in [0.25, 0.3) is 0 Å². The molecule has 0 aliphatic heterocycles. The molecule has 1 N–H and O–H groups in total. The highest BCUT2D eigenvalue weighted by molar-refractivity contribution is 7.16. The number of hydrogen-bond acceptors (Lipinski definition) is 2. The van der Waals surface area contributed by atoms with Crippen LogP contribution >= 0.6 is 34.5 Å². The first kappa shape index (κ1) is 15.8. The molecule has 1 heterocycles. The molecule has 0 spiro atoms. The lowest BCUT2D eigenvalue weighted by Gasteiger charge is -2.18. The molecule has 1 aromatic heterocycles. The third-order valence-electron chi connectivity index (χ3n) is 3.05. The van der Waals surface area contributed by atoms with E-state index in [-0.39, 0.29) is 11.9 Å². The maximum Gasteiger partial charge on any atom is 0.124 e. The lowest BCUT2D eigenvalue weighted by molar-refractivity contribution is 0.524. The first-order valence-electron chi connectivity index (χ1n) is 6.50. The number of hydrogen-bond donors (Lipinski definition) is 1. The van der Waals surface area contributed by atoms with Crippen LogP contribution in [0.1, 0.15) is 17.4 Å². The van der Waals surface area contributed by atoms with Gasteiger partial charge in [-0.2, -0.15) is 0 Å². The summed E-state index contributed by atoms with van der Waals surface area (Å²) in [6.45, 7) is 2.95. The van der Waals surface area contributed by atoms with E-state index >= 15 is 0 Å². The Morgan fingerprint density at radius 1 is 1.20 bits per heavy atom. The van der Waals surface area contributed by atoms with E-state index in [0.717, 1.165) is 29.3 Å². The van der Waals surface area contributed by atoms with Gasteiger partial charge >= 0.3 is 0 Å². The molecule has 1 aromatic carbocycles. The predicted molar refractivity (Wildman–Crippen MR) is 85.6 cm³/mol. The van der Waals surface area contributed by atoms with Crippen LogP contribution in [0.4, 0.5) is 4.39 Å². The predicted octanol–water partition coefficient (Wildman–Crippen LogP) is 4.96. The van der Waals surface area contributed by atoms with Crippen LogP contribution < -0.4 is 5.32 Å². The Bertz CT molecular complexity index is 571. The maximum atomic E-state index is 13.1. The molecular formula is C15H16Cl2FNS. The minimum absolute atomic E-state index is 0.262. The Morgan fingerprint density at radius 3 is 2.60 bits per heavy atom. The summed E-state index contributed by atoms with van der Waals surface area (Å²) in [6.07, 6.45) is 1.65. The van der Waals surface area contributed by atoms with Crippen molar-refractivity contribution < 1.29 is 4.39 Å². The molecule has 20 heavy (non-hydrogen) atoms. The Morgan fingerprint density at radius 2 is 2.00 bits per heavy atom. The van der Waals surface area contributed by atoms with Crippen molar-refractivity contribution in [3.8, 4) is 0 Å². The molecule has 0 fully saturated rings. The van der Waals surface area contributed by atoms with Crippen molar-refractivity contribution in [2.24, 2.45) is 0 Å². The molecule has 1 atom stereocenters. The highest BCUT2D eigenvalue weighted by Crippen LogP contribution is 2.24. The third kappa shape index (κ3) is 4.45. The first-order valence-corrected chi connectivity index (χ1v) is 8.07. The average molecular weight is 332 g/mol. The number of benzene rings is 1. The van der Waals surface area contributed by atoms with E-state index in [0.29, 0.717) is 5.02 Å². The van der Waals surface area contributed by atoms with Crippen LogP contribution in [0, 0.1) is 5.82 Å². The molecule has 5 heteroatoms. The number of nitrogens with one attached hydrogen (secondary N) is 1. The van der Waals surface area contributed by atoms with Crippen LogP contribution in [-0.2, 0) is 12.8 Å². The normalized spacial score (nSPS) is 12.6. The minimum Gasteiger partial charge on any atom is -0.314 e. The molecule has 2 aromatic rings. The number of thiophene rings is 1. The lowest BCUT2D eigenvalue weighted by Crippen LogP contribution is -2.32. The van der Waals surface area contributed by atoms with Gasteiger partial charge in [-0.15, -0.1) is 11.3 Å². The molecule has 0 aliphatic carbocycles. The maximum absolute atomic E-state index is 13.1. The molecule has 0 saturated carbocycles. The zero-order valence-corrected chi connectivity index (χ0v) is 13.5. The second kappa shape index (κ2) is 7.41. The van der Waals surface area contributed by atoms with Crippen LogP contribution in [0.15, 0.2) is 30.3 Å². The van der Waals surface area contributed by atoms with Gasteiger partial charge in [-0.1, -0.05) is 36.2 Å². The van der Waals surface area contributed by atoms with Gasteiger partial charge in [0.2, 0.25) is 0 Å². The summed E-state index contributed by atoms with van der Waals surface area (Å²) in [7, 11) is 0. The highest BCUT2D eigenvalue weighted by Gasteiger charge is 2.13. The van der Waals surface area contributed by atoms with Crippen LogP contribution in [0.3, 0.4) is 0 Å². The molecule has 0 bridgehead atoms. The molecule has 2 rings (SSSR count). The molecule has 108 valence electrons. The van der Waals surface area contributed by atoms with E-state index in [4.69, 9.17) is 23.2 Å². The van der Waals surface area contributed by atoms with E-state index in [1.54, 1.807) is 17.4 Å². The topological polar surface area (TPSA) is 12.0 Å². The Labute approximate surface area is 132 Å². The second-order valence-electron chi connectivity index (χ2n) is 4.60. The highest BCUT2D eigenvalue weighted by atomic mass is 35.5. The Kier molecular flexibility index (Phi) is 5.85. The monoisotopic (exact) mass is 331 g/mol. The van der Waals surface area contributed by atoms with Crippen molar-refractivity contribution >= 4 is 34.5 Å². The van der Waals surface area contributed by atoms with E-state index in [1.165, 1.54) is 17.0 Å². The quantitative estimate of drug-likeness (QED) is 0.789. The van der Waals surface area contributed by atoms with Crippen molar-refractivity contribution in [1.29, 1.82) is 0 Å². The lowest BCUT2D eigenvalue weighted by atomic mass is 10.0. The van der Waals surface area contributed by atoms with Gasteiger partial charge in [0.05, 0.1) is 4.34 Å². The fourth-order valence-corrected chi connectivity index (χ4v) is 3.57. The summed E-state index contributed by atoms with van der Waals surface area (Å²) >= 11 is 13.6. The van der Waals surface area contributed by atoms with Crippen molar-refractivity contribution in [3.63, 3.8) is 0 Å². The summed E-state index contributed by atoms with van der Waals surface area (Å²) in [5, 5.41) is 3.93. The van der Waals surface area contributed by atoms with E-state index in [2.05, 4.69) is 12.2 Å². The third-order valence-corrected chi connectivity index (χ3v) is 4.66. The minimum atomic E-state index is -0.302. The van der Waals surface area contributed by atoms with E-state index < -0.39 is 0 Å². The van der Waals surface area contributed by atoms with Gasteiger partial charge in [0, 0.05) is 15.9 Å². The summed E-state index contributed by atoms with van der Waals surface area (Å²) < 4.78 is 13.9. The molecule has 1 unspecified atom stereocenters. The fourth-order valence-electron chi connectivity index (χ4n) is 2.16. The van der Waals surface area contributed by atoms with Crippen molar-refractivity contribution in [2.45, 2.75) is 25.8 Å². The average Bonchev–Trinajstić information content (AvgIpc) is 2.78. The van der Waals surface area contributed by atoms with Crippen molar-refractivity contribution in [3.05, 3.63) is 55.9 Å². The van der Waals surface area contributed by atoms with Gasteiger partial charge in [0.15, 0.2) is 0 Å². The summed E-state index contributed by atoms with van der Waals surface area (Å²) in [4.78, 5) is 1.24. The van der Waals surface area contributed by atoms with Crippen LogP contribution in [-0.4, -0.2) is 12.6 Å². The number of halogens is 3. The Hall–Kier alpha value is -0.610. The molecule has 0 aliphatic rings. The largest absolute Gasteiger partial charge is 0.314 e.